The van der Waals surface area contributed by atoms with Crippen molar-refractivity contribution in [3.05, 3.63) is 36.0 Å². The number of aromatic amines is 1. The Morgan fingerprint density at radius 3 is 2.85 bits per heavy atom. The van der Waals surface area contributed by atoms with Crippen LogP contribution in [0.2, 0.25) is 0 Å². The van der Waals surface area contributed by atoms with Gasteiger partial charge in [-0.2, -0.15) is 0 Å². The van der Waals surface area contributed by atoms with E-state index in [2.05, 4.69) is 33.0 Å². The predicted molar refractivity (Wildman–Crippen MR) is 109 cm³/mol. The molecule has 1 aromatic heterocycles. The van der Waals surface area contributed by atoms with Crippen LogP contribution in [0.4, 0.5) is 0 Å². The molecule has 0 spiro atoms. The average Bonchev–Trinajstić information content (AvgIpc) is 3.46. The first-order valence-electron chi connectivity index (χ1n) is 10.8. The third kappa shape index (κ3) is 3.64. The molecular weight excluding hydrogens is 334 g/mol. The summed E-state index contributed by atoms with van der Waals surface area (Å²) in [5.41, 5.74) is 2.26. The quantitative estimate of drug-likeness (QED) is 0.894. The number of piperidine rings is 1. The molecule has 2 saturated heterocycles. The number of nitrogens with one attached hydrogen (secondary N) is 1. The zero-order valence-corrected chi connectivity index (χ0v) is 16.2. The Bertz CT molecular complexity index is 809. The molecule has 0 unspecified atom stereocenters. The van der Waals surface area contributed by atoms with E-state index >= 15 is 0 Å². The summed E-state index contributed by atoms with van der Waals surface area (Å²) in [6, 6.07) is 8.99. The lowest BCUT2D eigenvalue weighted by atomic mass is 9.88. The number of para-hydroxylation sites is 1. The van der Waals surface area contributed by atoms with Gasteiger partial charge >= 0.3 is 0 Å². The van der Waals surface area contributed by atoms with Gasteiger partial charge in [0.2, 0.25) is 5.91 Å². The largest absolute Gasteiger partial charge is 0.361 e. The first-order chi connectivity index (χ1) is 13.3. The zero-order chi connectivity index (χ0) is 18.2. The molecular formula is C23H31N3O. The summed E-state index contributed by atoms with van der Waals surface area (Å²) in [6.07, 6.45) is 10.5. The van der Waals surface area contributed by atoms with Gasteiger partial charge in [-0.1, -0.05) is 24.6 Å². The normalized spacial score (nSPS) is 26.7. The highest BCUT2D eigenvalue weighted by atomic mass is 16.2. The monoisotopic (exact) mass is 365 g/mol. The van der Waals surface area contributed by atoms with Gasteiger partial charge in [-0.05, 0) is 62.1 Å². The number of aromatic nitrogens is 1. The van der Waals surface area contributed by atoms with Gasteiger partial charge in [0.1, 0.15) is 0 Å². The molecule has 2 atom stereocenters. The second kappa shape index (κ2) is 7.31. The maximum Gasteiger partial charge on any atom is 0.227 e. The van der Waals surface area contributed by atoms with Crippen LogP contribution in [-0.4, -0.2) is 52.9 Å². The van der Waals surface area contributed by atoms with E-state index in [-0.39, 0.29) is 0 Å². The molecule has 2 aromatic rings. The zero-order valence-electron chi connectivity index (χ0n) is 16.2. The molecule has 0 bridgehead atoms. The van der Waals surface area contributed by atoms with Crippen LogP contribution in [0.5, 0.6) is 0 Å². The number of nitrogens with zero attached hydrogens (tertiary/aromatic N) is 2. The highest BCUT2D eigenvalue weighted by Gasteiger charge is 2.37. The van der Waals surface area contributed by atoms with E-state index < -0.39 is 0 Å². The van der Waals surface area contributed by atoms with E-state index in [1.54, 1.807) is 0 Å². The van der Waals surface area contributed by atoms with Crippen LogP contribution in [0.1, 0.15) is 44.1 Å². The number of likely N-dealkylation sites (tertiary alicyclic amines) is 2. The number of hydrogen-bond acceptors (Lipinski definition) is 2. The van der Waals surface area contributed by atoms with Crippen molar-refractivity contribution in [1.29, 1.82) is 0 Å². The summed E-state index contributed by atoms with van der Waals surface area (Å²) < 4.78 is 0. The van der Waals surface area contributed by atoms with Crippen molar-refractivity contribution in [3.63, 3.8) is 0 Å². The van der Waals surface area contributed by atoms with Gasteiger partial charge in [0, 0.05) is 42.8 Å². The van der Waals surface area contributed by atoms with Crippen LogP contribution in [-0.2, 0) is 11.2 Å². The average molecular weight is 366 g/mol. The Hall–Kier alpha value is -1.81. The first kappa shape index (κ1) is 17.3. The Labute approximate surface area is 161 Å². The van der Waals surface area contributed by atoms with Crippen molar-refractivity contribution in [1.82, 2.24) is 14.8 Å². The minimum atomic E-state index is 0.302. The van der Waals surface area contributed by atoms with Crippen molar-refractivity contribution < 1.29 is 4.79 Å². The number of H-pyrrole nitrogens is 1. The van der Waals surface area contributed by atoms with Gasteiger partial charge in [0.15, 0.2) is 0 Å². The molecule has 3 heterocycles. The van der Waals surface area contributed by atoms with Gasteiger partial charge in [0.05, 0.1) is 6.42 Å². The number of rotatable bonds is 4. The number of carbonyl (C=O) groups excluding carboxylic acids is 1. The maximum atomic E-state index is 13.0. The van der Waals surface area contributed by atoms with E-state index in [0.29, 0.717) is 24.3 Å². The lowest BCUT2D eigenvalue weighted by molar-refractivity contribution is -0.133. The van der Waals surface area contributed by atoms with Crippen LogP contribution in [0.15, 0.2) is 30.5 Å². The molecule has 27 heavy (non-hydrogen) atoms. The molecule has 3 aliphatic rings. The maximum absolute atomic E-state index is 13.0. The van der Waals surface area contributed by atoms with Crippen molar-refractivity contribution >= 4 is 16.8 Å². The highest BCUT2D eigenvalue weighted by molar-refractivity contribution is 5.88. The fourth-order valence-electron chi connectivity index (χ4n) is 5.31. The topological polar surface area (TPSA) is 39.3 Å². The summed E-state index contributed by atoms with van der Waals surface area (Å²) in [7, 11) is 0. The molecule has 1 aliphatic carbocycles. The second-order valence-electron chi connectivity index (χ2n) is 8.93. The summed E-state index contributed by atoms with van der Waals surface area (Å²) in [5.74, 6) is 1.94. The van der Waals surface area contributed by atoms with Gasteiger partial charge in [-0.25, -0.2) is 0 Å². The van der Waals surface area contributed by atoms with E-state index in [0.717, 1.165) is 36.5 Å². The summed E-state index contributed by atoms with van der Waals surface area (Å²) in [5, 5.41) is 1.19. The van der Waals surface area contributed by atoms with Crippen LogP contribution in [0, 0.1) is 11.8 Å². The second-order valence-corrected chi connectivity index (χ2v) is 8.93. The van der Waals surface area contributed by atoms with Gasteiger partial charge in [-0.3, -0.25) is 9.69 Å². The van der Waals surface area contributed by atoms with E-state index in [4.69, 9.17) is 0 Å². The van der Waals surface area contributed by atoms with Crippen molar-refractivity contribution in [3.8, 4) is 0 Å². The van der Waals surface area contributed by atoms with Crippen molar-refractivity contribution in [2.75, 3.05) is 26.2 Å². The standard InChI is InChI=1S/C23H31N3O/c27-23(13-19-14-24-21-7-2-1-6-20(19)21)26-12-10-22-18(16-26)5-3-4-11-25(22)15-17-8-9-17/h1-2,6-7,14,17-18,22,24H,3-5,8-13,15-16H2/t18-,22+/m0/s1. The number of carbonyl (C=O) groups is 1. The van der Waals surface area contributed by atoms with Crippen LogP contribution in [0.25, 0.3) is 10.9 Å². The first-order valence-corrected chi connectivity index (χ1v) is 10.8. The molecule has 1 amide bonds. The molecule has 3 fully saturated rings. The minimum Gasteiger partial charge on any atom is -0.361 e. The molecule has 5 rings (SSSR count). The Morgan fingerprint density at radius 1 is 1.07 bits per heavy atom. The molecule has 0 radical (unpaired) electrons. The Morgan fingerprint density at radius 2 is 1.96 bits per heavy atom. The highest BCUT2D eigenvalue weighted by Crippen LogP contribution is 2.35. The number of fused-ring (bicyclic) bond motifs is 2. The van der Waals surface area contributed by atoms with Crippen LogP contribution in [0.3, 0.4) is 0 Å². The van der Waals surface area contributed by atoms with Crippen molar-refractivity contribution in [2.45, 2.75) is 51.0 Å². The van der Waals surface area contributed by atoms with Gasteiger partial charge in [0.25, 0.3) is 0 Å². The molecule has 1 saturated carbocycles. The number of hydrogen-bond donors (Lipinski definition) is 1. The third-order valence-corrected chi connectivity index (χ3v) is 6.99. The van der Waals surface area contributed by atoms with Crippen LogP contribution < -0.4 is 0 Å². The van der Waals surface area contributed by atoms with E-state index in [1.807, 2.05) is 12.3 Å². The summed E-state index contributed by atoms with van der Waals surface area (Å²) >= 11 is 0. The third-order valence-electron chi connectivity index (χ3n) is 6.99. The Kier molecular flexibility index (Phi) is 4.68. The van der Waals surface area contributed by atoms with E-state index in [9.17, 15) is 4.79 Å². The lowest BCUT2D eigenvalue weighted by Crippen LogP contribution is -2.52. The SMILES string of the molecule is O=C(Cc1c[nH]c2ccccc12)N1CC[C@@H]2[C@@H](CCCCN2CC2CC2)C1. The fraction of sp³-hybridized carbons (Fsp3) is 0.609. The van der Waals surface area contributed by atoms with Gasteiger partial charge < -0.3 is 9.88 Å². The number of amides is 1. The molecule has 1 aromatic carbocycles. The summed E-state index contributed by atoms with van der Waals surface area (Å²) in [6.45, 7) is 4.49. The smallest absolute Gasteiger partial charge is 0.227 e. The molecule has 1 N–H and O–H groups in total. The summed E-state index contributed by atoms with van der Waals surface area (Å²) in [4.78, 5) is 21.3. The number of benzene rings is 1. The molecule has 4 heteroatoms. The minimum absolute atomic E-state index is 0.302. The molecule has 2 aliphatic heterocycles. The van der Waals surface area contributed by atoms with Crippen LogP contribution >= 0.6 is 0 Å². The van der Waals surface area contributed by atoms with Crippen molar-refractivity contribution in [2.24, 2.45) is 11.8 Å². The molecule has 144 valence electrons. The Balaban J connectivity index is 1.26. The van der Waals surface area contributed by atoms with Gasteiger partial charge in [-0.15, -0.1) is 0 Å². The molecule has 4 nitrogen and oxygen atoms in total. The fourth-order valence-corrected chi connectivity index (χ4v) is 5.31. The predicted octanol–water partition coefficient (Wildman–Crippen LogP) is 3.82. The van der Waals surface area contributed by atoms with E-state index in [1.165, 1.54) is 50.6 Å². The lowest BCUT2D eigenvalue weighted by Gasteiger charge is -2.43.